The Kier molecular flexibility index (Phi) is 4.01. The van der Waals surface area contributed by atoms with E-state index in [-0.39, 0.29) is 6.04 Å². The Balaban J connectivity index is 2.38. The first kappa shape index (κ1) is 13.1. The summed E-state index contributed by atoms with van der Waals surface area (Å²) in [4.78, 5) is 2.49. The molecule has 96 valence electrons. The maximum Gasteiger partial charge on any atom is 0.122 e. The highest BCUT2D eigenvalue weighted by Gasteiger charge is 2.15. The van der Waals surface area contributed by atoms with E-state index in [0.29, 0.717) is 0 Å². The molecule has 0 aliphatic carbocycles. The Labute approximate surface area is 112 Å². The Morgan fingerprint density at radius 2 is 2.00 bits per heavy atom. The summed E-state index contributed by atoms with van der Waals surface area (Å²) in [6.45, 7) is 4.13. The van der Waals surface area contributed by atoms with Crippen LogP contribution in [0.1, 0.15) is 26.9 Å². The van der Waals surface area contributed by atoms with E-state index in [4.69, 9.17) is 10.6 Å². The van der Waals surface area contributed by atoms with E-state index >= 15 is 0 Å². The number of hydrogen-bond donors (Lipinski definition) is 2. The van der Waals surface area contributed by atoms with Gasteiger partial charge in [0.25, 0.3) is 0 Å². The van der Waals surface area contributed by atoms with Crippen LogP contribution < -0.4 is 16.0 Å². The minimum Gasteiger partial charge on any atom is -0.496 e. The number of benzene rings is 1. The van der Waals surface area contributed by atoms with E-state index < -0.39 is 0 Å². The maximum atomic E-state index is 5.69. The van der Waals surface area contributed by atoms with Gasteiger partial charge >= 0.3 is 0 Å². The first-order valence-corrected chi connectivity index (χ1v) is 6.64. The number of thiophene rings is 1. The Morgan fingerprint density at radius 1 is 1.22 bits per heavy atom. The molecule has 0 spiro atoms. The summed E-state index contributed by atoms with van der Waals surface area (Å²) in [5.74, 6) is 6.58. The topological polar surface area (TPSA) is 47.3 Å². The van der Waals surface area contributed by atoms with Crippen molar-refractivity contribution in [2.45, 2.75) is 19.9 Å². The van der Waals surface area contributed by atoms with E-state index in [9.17, 15) is 0 Å². The van der Waals surface area contributed by atoms with Crippen LogP contribution in [0.15, 0.2) is 30.3 Å². The molecular weight excluding hydrogens is 244 g/mol. The molecular formula is C14H18N2OS. The lowest BCUT2D eigenvalue weighted by atomic mass is 10.0. The Morgan fingerprint density at radius 3 is 2.56 bits per heavy atom. The lowest BCUT2D eigenvalue weighted by Gasteiger charge is -2.16. The van der Waals surface area contributed by atoms with Crippen molar-refractivity contribution in [3.63, 3.8) is 0 Å². The largest absolute Gasteiger partial charge is 0.496 e. The van der Waals surface area contributed by atoms with Gasteiger partial charge in [0.15, 0.2) is 0 Å². The molecule has 4 heteroatoms. The quantitative estimate of drug-likeness (QED) is 0.658. The van der Waals surface area contributed by atoms with Crippen molar-refractivity contribution in [2.75, 3.05) is 7.11 Å². The third-order valence-electron chi connectivity index (χ3n) is 2.98. The number of hydrazine groups is 1. The van der Waals surface area contributed by atoms with Crippen LogP contribution in [0.2, 0.25) is 0 Å². The van der Waals surface area contributed by atoms with Gasteiger partial charge in [0.2, 0.25) is 0 Å². The lowest BCUT2D eigenvalue weighted by molar-refractivity contribution is 0.410. The SMILES string of the molecule is COc1cc(C(NN)c2ccc(C)s2)ccc1C. The fourth-order valence-corrected chi connectivity index (χ4v) is 2.93. The molecule has 1 heterocycles. The summed E-state index contributed by atoms with van der Waals surface area (Å²) >= 11 is 1.75. The van der Waals surface area contributed by atoms with E-state index in [1.807, 2.05) is 13.0 Å². The molecule has 1 aromatic heterocycles. The molecule has 3 nitrogen and oxygen atoms in total. The average Bonchev–Trinajstić information content (AvgIpc) is 2.79. The molecule has 0 saturated heterocycles. The van der Waals surface area contributed by atoms with Gasteiger partial charge < -0.3 is 4.74 Å². The number of ether oxygens (including phenoxy) is 1. The van der Waals surface area contributed by atoms with Gasteiger partial charge in [0.05, 0.1) is 13.2 Å². The predicted molar refractivity (Wildman–Crippen MR) is 76.0 cm³/mol. The van der Waals surface area contributed by atoms with Crippen LogP contribution in [-0.2, 0) is 0 Å². The van der Waals surface area contributed by atoms with Crippen LogP contribution in [-0.4, -0.2) is 7.11 Å². The molecule has 2 aromatic rings. The van der Waals surface area contributed by atoms with Crippen LogP contribution in [0.5, 0.6) is 5.75 Å². The zero-order chi connectivity index (χ0) is 13.1. The third kappa shape index (κ3) is 2.56. The number of nitrogens with two attached hydrogens (primary N) is 1. The fraction of sp³-hybridized carbons (Fsp3) is 0.286. The van der Waals surface area contributed by atoms with Gasteiger partial charge in [-0.25, -0.2) is 5.43 Å². The Bertz CT molecular complexity index is 536. The zero-order valence-electron chi connectivity index (χ0n) is 10.9. The minimum atomic E-state index is 0.0122. The van der Waals surface area contributed by atoms with Gasteiger partial charge in [-0.15, -0.1) is 11.3 Å². The van der Waals surface area contributed by atoms with E-state index in [0.717, 1.165) is 16.9 Å². The number of methoxy groups -OCH3 is 1. The summed E-state index contributed by atoms with van der Waals surface area (Å²) in [5, 5.41) is 0. The first-order chi connectivity index (χ1) is 8.65. The summed E-state index contributed by atoms with van der Waals surface area (Å²) in [5.41, 5.74) is 5.11. The molecule has 3 N–H and O–H groups in total. The van der Waals surface area contributed by atoms with Crippen LogP contribution in [0.25, 0.3) is 0 Å². The highest BCUT2D eigenvalue weighted by atomic mass is 32.1. The second-order valence-corrected chi connectivity index (χ2v) is 5.60. The van der Waals surface area contributed by atoms with Gasteiger partial charge in [-0.2, -0.15) is 0 Å². The number of aryl methyl sites for hydroxylation is 2. The van der Waals surface area contributed by atoms with Crippen molar-refractivity contribution in [1.82, 2.24) is 5.43 Å². The molecule has 0 amide bonds. The number of nitrogens with one attached hydrogen (secondary N) is 1. The summed E-state index contributed by atoms with van der Waals surface area (Å²) < 4.78 is 5.36. The predicted octanol–water partition coefficient (Wildman–Crippen LogP) is 2.93. The highest BCUT2D eigenvalue weighted by Crippen LogP contribution is 2.30. The van der Waals surface area contributed by atoms with Crippen LogP contribution in [0.4, 0.5) is 0 Å². The molecule has 0 radical (unpaired) electrons. The van der Waals surface area contributed by atoms with Crippen molar-refractivity contribution in [1.29, 1.82) is 0 Å². The summed E-state index contributed by atoms with van der Waals surface area (Å²) in [6.07, 6.45) is 0. The molecule has 1 aromatic carbocycles. The molecule has 1 unspecified atom stereocenters. The first-order valence-electron chi connectivity index (χ1n) is 5.82. The van der Waals surface area contributed by atoms with Crippen LogP contribution in [0.3, 0.4) is 0 Å². The summed E-state index contributed by atoms with van der Waals surface area (Å²) in [7, 11) is 1.69. The van der Waals surface area contributed by atoms with Gasteiger partial charge in [-0.3, -0.25) is 5.84 Å². The van der Waals surface area contributed by atoms with Crippen LogP contribution in [0, 0.1) is 13.8 Å². The fourth-order valence-electron chi connectivity index (χ4n) is 1.97. The molecule has 0 bridgehead atoms. The standard InChI is InChI=1S/C14H18N2OS/c1-9-4-6-11(8-12(9)17-3)14(16-15)13-7-5-10(2)18-13/h4-8,14,16H,15H2,1-3H3. The highest BCUT2D eigenvalue weighted by molar-refractivity contribution is 7.12. The molecule has 1 atom stereocenters. The number of rotatable bonds is 4. The second kappa shape index (κ2) is 5.52. The molecule has 0 aliphatic rings. The average molecular weight is 262 g/mol. The van der Waals surface area contributed by atoms with Crippen LogP contribution >= 0.6 is 11.3 Å². The smallest absolute Gasteiger partial charge is 0.122 e. The van der Waals surface area contributed by atoms with Crippen molar-refractivity contribution in [3.8, 4) is 5.75 Å². The van der Waals surface area contributed by atoms with Gasteiger partial charge in [0, 0.05) is 9.75 Å². The van der Waals surface area contributed by atoms with E-state index in [1.165, 1.54) is 9.75 Å². The van der Waals surface area contributed by atoms with Gasteiger partial charge in [-0.1, -0.05) is 12.1 Å². The molecule has 18 heavy (non-hydrogen) atoms. The third-order valence-corrected chi connectivity index (χ3v) is 4.04. The number of hydrogen-bond acceptors (Lipinski definition) is 4. The molecule has 2 rings (SSSR count). The van der Waals surface area contributed by atoms with Crippen molar-refractivity contribution < 1.29 is 4.74 Å². The zero-order valence-corrected chi connectivity index (χ0v) is 11.7. The monoisotopic (exact) mass is 262 g/mol. The normalized spacial score (nSPS) is 12.4. The second-order valence-electron chi connectivity index (χ2n) is 4.28. The van der Waals surface area contributed by atoms with Crippen molar-refractivity contribution >= 4 is 11.3 Å². The summed E-state index contributed by atoms with van der Waals surface area (Å²) in [6, 6.07) is 10.4. The lowest BCUT2D eigenvalue weighted by Crippen LogP contribution is -2.28. The van der Waals surface area contributed by atoms with E-state index in [2.05, 4.69) is 36.6 Å². The molecule has 0 aliphatic heterocycles. The van der Waals surface area contributed by atoms with Crippen molar-refractivity contribution in [2.24, 2.45) is 5.84 Å². The Hall–Kier alpha value is -1.36. The molecule has 0 saturated carbocycles. The van der Waals surface area contributed by atoms with Gasteiger partial charge in [0.1, 0.15) is 5.75 Å². The van der Waals surface area contributed by atoms with E-state index in [1.54, 1.807) is 18.4 Å². The van der Waals surface area contributed by atoms with Crippen molar-refractivity contribution in [3.05, 3.63) is 51.2 Å². The maximum absolute atomic E-state index is 5.69. The minimum absolute atomic E-state index is 0.0122. The van der Waals surface area contributed by atoms with Gasteiger partial charge in [-0.05, 0) is 43.2 Å². The molecule has 0 fully saturated rings.